The molecule has 26 heavy (non-hydrogen) atoms. The molecule has 0 spiro atoms. The van der Waals surface area contributed by atoms with Crippen LogP contribution in [0.15, 0.2) is 22.7 Å². The summed E-state index contributed by atoms with van der Waals surface area (Å²) in [4.78, 5) is 29.3. The second-order valence-electron chi connectivity index (χ2n) is 7.19. The van der Waals surface area contributed by atoms with Gasteiger partial charge in [0.2, 0.25) is 5.91 Å². The fraction of sp³-hybridized carbons (Fsp3) is 0.579. The van der Waals surface area contributed by atoms with Crippen molar-refractivity contribution in [3.63, 3.8) is 0 Å². The highest BCUT2D eigenvalue weighted by Crippen LogP contribution is 2.26. The van der Waals surface area contributed by atoms with Gasteiger partial charge in [-0.15, -0.1) is 0 Å². The van der Waals surface area contributed by atoms with Crippen LogP contribution in [0.25, 0.3) is 0 Å². The Bertz CT molecular complexity index is 681. The number of nitrogens with zero attached hydrogens (tertiary/aromatic N) is 2. The molecule has 0 N–H and O–H groups in total. The lowest BCUT2D eigenvalue weighted by Gasteiger charge is -2.39. The summed E-state index contributed by atoms with van der Waals surface area (Å²) in [6.07, 6.45) is 1.54. The van der Waals surface area contributed by atoms with Crippen molar-refractivity contribution in [2.75, 3.05) is 26.2 Å². The number of carbonyl (C=O) groups excluding carboxylic acids is 2. The summed E-state index contributed by atoms with van der Waals surface area (Å²) in [6.45, 7) is 6.48. The average Bonchev–Trinajstić information content (AvgIpc) is 2.62. The van der Waals surface area contributed by atoms with Gasteiger partial charge in [-0.25, -0.2) is 0 Å². The summed E-state index contributed by atoms with van der Waals surface area (Å²) < 4.78 is 6.45. The molecule has 3 rings (SSSR count). The first kappa shape index (κ1) is 19.6. The molecule has 0 saturated carbocycles. The van der Waals surface area contributed by atoms with Gasteiger partial charge in [0, 0.05) is 41.6 Å². The molecule has 1 aromatic carbocycles. The molecule has 5 nitrogen and oxygen atoms in total. The summed E-state index contributed by atoms with van der Waals surface area (Å²) in [5.41, 5.74) is 0.568. The molecule has 0 bridgehead atoms. The van der Waals surface area contributed by atoms with Crippen LogP contribution in [0.4, 0.5) is 0 Å². The van der Waals surface area contributed by atoms with Crippen LogP contribution in [0.3, 0.4) is 0 Å². The third-order valence-electron chi connectivity index (χ3n) is 5.02. The van der Waals surface area contributed by atoms with E-state index in [0.717, 1.165) is 4.47 Å². The number of hydrogen-bond donors (Lipinski definition) is 0. The maximum atomic E-state index is 12.8. The van der Waals surface area contributed by atoms with E-state index in [2.05, 4.69) is 15.9 Å². The highest BCUT2D eigenvalue weighted by Gasteiger charge is 2.34. The van der Waals surface area contributed by atoms with Gasteiger partial charge in [-0.1, -0.05) is 11.6 Å². The molecule has 2 aliphatic heterocycles. The van der Waals surface area contributed by atoms with Crippen molar-refractivity contribution in [1.29, 1.82) is 0 Å². The van der Waals surface area contributed by atoms with Crippen molar-refractivity contribution in [1.82, 2.24) is 9.80 Å². The number of likely N-dealkylation sites (tertiary alicyclic amines) is 1. The Labute approximate surface area is 167 Å². The van der Waals surface area contributed by atoms with Crippen LogP contribution >= 0.6 is 27.5 Å². The molecule has 0 radical (unpaired) electrons. The lowest BCUT2D eigenvalue weighted by molar-refractivity contribution is -0.148. The Morgan fingerprint density at radius 3 is 2.35 bits per heavy atom. The first-order valence-electron chi connectivity index (χ1n) is 9.03. The third kappa shape index (κ3) is 4.41. The van der Waals surface area contributed by atoms with E-state index >= 15 is 0 Å². The first-order chi connectivity index (χ1) is 12.3. The minimum Gasteiger partial charge on any atom is -0.372 e. The van der Waals surface area contributed by atoms with E-state index in [4.69, 9.17) is 16.3 Å². The normalized spacial score (nSPS) is 24.6. The van der Waals surface area contributed by atoms with E-state index < -0.39 is 0 Å². The van der Waals surface area contributed by atoms with Gasteiger partial charge in [0.1, 0.15) is 0 Å². The van der Waals surface area contributed by atoms with Crippen molar-refractivity contribution in [2.45, 2.75) is 38.9 Å². The van der Waals surface area contributed by atoms with Crippen LogP contribution in [0.2, 0.25) is 5.02 Å². The number of morpholine rings is 1. The zero-order chi connectivity index (χ0) is 18.8. The summed E-state index contributed by atoms with van der Waals surface area (Å²) >= 11 is 9.44. The summed E-state index contributed by atoms with van der Waals surface area (Å²) in [5, 5.41) is 0.539. The quantitative estimate of drug-likeness (QED) is 0.702. The minimum atomic E-state index is -0.0427. The zero-order valence-corrected chi connectivity index (χ0v) is 17.4. The molecule has 2 saturated heterocycles. The molecule has 2 unspecified atom stereocenters. The minimum absolute atomic E-state index is 0.0145. The van der Waals surface area contributed by atoms with Gasteiger partial charge in [-0.05, 0) is 60.8 Å². The number of hydrogen-bond acceptors (Lipinski definition) is 3. The van der Waals surface area contributed by atoms with Crippen LogP contribution in [0.1, 0.15) is 37.0 Å². The van der Waals surface area contributed by atoms with Crippen LogP contribution in [0, 0.1) is 5.92 Å². The van der Waals surface area contributed by atoms with E-state index in [1.807, 2.05) is 23.6 Å². The molecule has 0 aromatic heterocycles. The number of ether oxygens (including phenoxy) is 1. The van der Waals surface area contributed by atoms with Gasteiger partial charge in [-0.3, -0.25) is 9.59 Å². The fourth-order valence-electron chi connectivity index (χ4n) is 3.78. The number of amides is 2. The molecular formula is C19H24BrClN2O3. The first-order valence-corrected chi connectivity index (χ1v) is 10.2. The standard InChI is InChI=1S/C19H24BrClN2O3/c1-12-10-23(11-13(2)26-12)18(24)14-5-7-22(8-6-14)19(25)16-9-15(21)3-4-17(16)20/h3-4,9,12-14H,5-8,10-11H2,1-2H3. The maximum Gasteiger partial charge on any atom is 0.255 e. The molecule has 2 heterocycles. The lowest BCUT2D eigenvalue weighted by atomic mass is 9.94. The van der Waals surface area contributed by atoms with Crippen molar-refractivity contribution in [2.24, 2.45) is 5.92 Å². The number of piperidine rings is 1. The predicted octanol–water partition coefficient (Wildman–Crippen LogP) is 3.59. The predicted molar refractivity (Wildman–Crippen MR) is 104 cm³/mol. The molecule has 0 aliphatic carbocycles. The Balaban J connectivity index is 1.59. The van der Waals surface area contributed by atoms with E-state index in [1.54, 1.807) is 18.2 Å². The van der Waals surface area contributed by atoms with Gasteiger partial charge in [0.15, 0.2) is 0 Å². The molecular weight excluding hydrogens is 420 g/mol. The topological polar surface area (TPSA) is 49.9 Å². The fourth-order valence-corrected chi connectivity index (χ4v) is 4.37. The highest BCUT2D eigenvalue weighted by atomic mass is 79.9. The van der Waals surface area contributed by atoms with Gasteiger partial charge in [-0.2, -0.15) is 0 Å². The zero-order valence-electron chi connectivity index (χ0n) is 15.1. The summed E-state index contributed by atoms with van der Waals surface area (Å²) in [6, 6.07) is 5.21. The van der Waals surface area contributed by atoms with Gasteiger partial charge < -0.3 is 14.5 Å². The molecule has 2 fully saturated rings. The second-order valence-corrected chi connectivity index (χ2v) is 8.48. The molecule has 1 aromatic rings. The monoisotopic (exact) mass is 442 g/mol. The van der Waals surface area contributed by atoms with Crippen molar-refractivity contribution in [3.8, 4) is 0 Å². The third-order valence-corrected chi connectivity index (χ3v) is 5.95. The van der Waals surface area contributed by atoms with Crippen molar-refractivity contribution < 1.29 is 14.3 Å². The average molecular weight is 444 g/mol. The van der Waals surface area contributed by atoms with Crippen LogP contribution in [-0.4, -0.2) is 60.0 Å². The molecule has 2 amide bonds. The van der Waals surface area contributed by atoms with Gasteiger partial charge >= 0.3 is 0 Å². The summed E-state index contributed by atoms with van der Waals surface area (Å²) in [7, 11) is 0. The van der Waals surface area contributed by atoms with Gasteiger partial charge in [0.05, 0.1) is 17.8 Å². The smallest absolute Gasteiger partial charge is 0.255 e. The molecule has 142 valence electrons. The molecule has 2 aliphatic rings. The van der Waals surface area contributed by atoms with Gasteiger partial charge in [0.25, 0.3) is 5.91 Å². The number of rotatable bonds is 2. The Morgan fingerprint density at radius 1 is 1.12 bits per heavy atom. The van der Waals surface area contributed by atoms with E-state index in [1.165, 1.54) is 0 Å². The van der Waals surface area contributed by atoms with E-state index in [-0.39, 0.29) is 29.9 Å². The van der Waals surface area contributed by atoms with Crippen molar-refractivity contribution in [3.05, 3.63) is 33.3 Å². The van der Waals surface area contributed by atoms with Crippen LogP contribution in [0.5, 0.6) is 0 Å². The van der Waals surface area contributed by atoms with Crippen LogP contribution in [-0.2, 0) is 9.53 Å². The number of carbonyl (C=O) groups is 2. The largest absolute Gasteiger partial charge is 0.372 e. The van der Waals surface area contributed by atoms with Crippen LogP contribution < -0.4 is 0 Å². The maximum absolute atomic E-state index is 12.8. The van der Waals surface area contributed by atoms with E-state index in [0.29, 0.717) is 49.6 Å². The molecule has 2 atom stereocenters. The Morgan fingerprint density at radius 2 is 1.73 bits per heavy atom. The second kappa shape index (κ2) is 8.28. The lowest BCUT2D eigenvalue weighted by Crippen LogP contribution is -2.51. The number of halogens is 2. The SMILES string of the molecule is CC1CN(C(=O)C2CCN(C(=O)c3cc(Cl)ccc3Br)CC2)CC(C)O1. The molecule has 7 heteroatoms. The number of benzene rings is 1. The highest BCUT2D eigenvalue weighted by molar-refractivity contribution is 9.10. The van der Waals surface area contributed by atoms with Crippen molar-refractivity contribution >= 4 is 39.3 Å². The Kier molecular flexibility index (Phi) is 6.25. The Hall–Kier alpha value is -1.11. The van der Waals surface area contributed by atoms with E-state index in [9.17, 15) is 9.59 Å². The summed E-state index contributed by atoms with van der Waals surface area (Å²) in [5.74, 6) is 0.140.